The van der Waals surface area contributed by atoms with Crippen LogP contribution in [0.2, 0.25) is 0 Å². The Balaban J connectivity index is 1.41. The van der Waals surface area contributed by atoms with Crippen LogP contribution in [0.1, 0.15) is 40.0 Å². The number of H-pyrrole nitrogens is 1. The molecule has 0 radical (unpaired) electrons. The van der Waals surface area contributed by atoms with E-state index in [-0.39, 0.29) is 12.1 Å². The second-order valence-corrected chi connectivity index (χ2v) is 12.1. The lowest BCUT2D eigenvalue weighted by molar-refractivity contribution is 0.324. The number of rotatable bonds is 4. The van der Waals surface area contributed by atoms with Crippen molar-refractivity contribution in [3.63, 3.8) is 0 Å². The highest BCUT2D eigenvalue weighted by molar-refractivity contribution is 7.90. The zero-order valence-corrected chi connectivity index (χ0v) is 18.0. The van der Waals surface area contributed by atoms with Gasteiger partial charge in [-0.1, -0.05) is 6.07 Å². The monoisotopic (exact) mass is 412 g/mol. The van der Waals surface area contributed by atoms with E-state index >= 15 is 0 Å². The van der Waals surface area contributed by atoms with Gasteiger partial charge in [0.05, 0.1) is 10.9 Å². The van der Waals surface area contributed by atoms with Gasteiger partial charge in [0.15, 0.2) is 0 Å². The molecule has 3 atom stereocenters. The SMILES string of the molecule is CC(C)(C)S(=O)(=O)N1C2CCC1C(Cn1ccc3cc(-c4cn[nH]c4)ccc31)C2. The van der Waals surface area contributed by atoms with Crippen LogP contribution >= 0.6 is 0 Å². The van der Waals surface area contributed by atoms with Crippen LogP contribution in [0.3, 0.4) is 0 Å². The first-order valence-corrected chi connectivity index (χ1v) is 11.8. The second kappa shape index (κ2) is 6.44. The molecular weight excluding hydrogens is 384 g/mol. The maximum absolute atomic E-state index is 13.1. The Labute approximate surface area is 172 Å². The van der Waals surface area contributed by atoms with Gasteiger partial charge in [-0.3, -0.25) is 5.10 Å². The summed E-state index contributed by atoms with van der Waals surface area (Å²) in [5, 5.41) is 8.10. The average Bonchev–Trinajstić information content (AvgIpc) is 3.44. The lowest BCUT2D eigenvalue weighted by Crippen LogP contribution is -2.46. The van der Waals surface area contributed by atoms with Gasteiger partial charge in [-0.05, 0) is 69.7 Å². The van der Waals surface area contributed by atoms with Crippen LogP contribution in [0.5, 0.6) is 0 Å². The van der Waals surface area contributed by atoms with Crippen LogP contribution < -0.4 is 0 Å². The number of nitrogens with zero attached hydrogens (tertiary/aromatic N) is 3. The largest absolute Gasteiger partial charge is 0.347 e. The van der Waals surface area contributed by atoms with Gasteiger partial charge in [0.25, 0.3) is 0 Å². The fourth-order valence-electron chi connectivity index (χ4n) is 5.15. The van der Waals surface area contributed by atoms with Crippen molar-refractivity contribution in [3.05, 3.63) is 42.9 Å². The molecule has 29 heavy (non-hydrogen) atoms. The number of sulfonamides is 1. The summed E-state index contributed by atoms with van der Waals surface area (Å²) in [6.07, 6.45) is 8.81. The molecule has 0 saturated carbocycles. The highest BCUT2D eigenvalue weighted by Gasteiger charge is 2.54. The summed E-state index contributed by atoms with van der Waals surface area (Å²) in [4.78, 5) is 0. The molecule has 3 aromatic rings. The highest BCUT2D eigenvalue weighted by atomic mass is 32.2. The van der Waals surface area contributed by atoms with E-state index in [1.165, 1.54) is 10.9 Å². The average molecular weight is 413 g/mol. The zero-order valence-electron chi connectivity index (χ0n) is 17.2. The molecule has 4 heterocycles. The van der Waals surface area contributed by atoms with E-state index in [2.05, 4.69) is 45.2 Å². The Kier molecular flexibility index (Phi) is 4.19. The number of aromatic nitrogens is 3. The van der Waals surface area contributed by atoms with Gasteiger partial charge in [-0.2, -0.15) is 9.40 Å². The molecule has 0 spiro atoms. The molecular formula is C22H28N4O2S. The van der Waals surface area contributed by atoms with Crippen molar-refractivity contribution < 1.29 is 8.42 Å². The molecule has 154 valence electrons. The molecule has 2 saturated heterocycles. The Morgan fingerprint density at radius 3 is 2.72 bits per heavy atom. The third-order valence-electron chi connectivity index (χ3n) is 6.69. The molecule has 0 amide bonds. The number of nitrogens with one attached hydrogen (secondary N) is 1. The Hall–Kier alpha value is -2.12. The summed E-state index contributed by atoms with van der Waals surface area (Å²) in [5.41, 5.74) is 3.42. The number of benzene rings is 1. The van der Waals surface area contributed by atoms with Gasteiger partial charge in [0, 0.05) is 47.5 Å². The molecule has 2 aromatic heterocycles. The fraction of sp³-hybridized carbons (Fsp3) is 0.500. The number of aromatic amines is 1. The van der Waals surface area contributed by atoms with Crippen molar-refractivity contribution in [2.45, 2.75) is 63.4 Å². The van der Waals surface area contributed by atoms with E-state index in [0.717, 1.165) is 36.9 Å². The molecule has 2 aliphatic heterocycles. The number of fused-ring (bicyclic) bond motifs is 3. The minimum absolute atomic E-state index is 0.131. The van der Waals surface area contributed by atoms with Gasteiger partial charge in [0.2, 0.25) is 10.0 Å². The number of hydrogen-bond acceptors (Lipinski definition) is 3. The predicted octanol–water partition coefficient (Wildman–Crippen LogP) is 4.01. The van der Waals surface area contributed by atoms with Crippen LogP contribution in [-0.4, -0.2) is 44.3 Å². The van der Waals surface area contributed by atoms with E-state index < -0.39 is 14.8 Å². The lowest BCUT2D eigenvalue weighted by Gasteiger charge is -2.31. The minimum Gasteiger partial charge on any atom is -0.347 e. The van der Waals surface area contributed by atoms with Gasteiger partial charge < -0.3 is 4.57 Å². The maximum Gasteiger partial charge on any atom is 0.219 e. The summed E-state index contributed by atoms with van der Waals surface area (Å²) in [6, 6.07) is 8.93. The summed E-state index contributed by atoms with van der Waals surface area (Å²) >= 11 is 0. The Morgan fingerprint density at radius 2 is 2.00 bits per heavy atom. The van der Waals surface area contributed by atoms with Crippen LogP contribution in [0.4, 0.5) is 0 Å². The Morgan fingerprint density at radius 1 is 1.17 bits per heavy atom. The molecule has 2 aliphatic rings. The van der Waals surface area contributed by atoms with Gasteiger partial charge in [0.1, 0.15) is 0 Å². The summed E-state index contributed by atoms with van der Waals surface area (Å²) in [5.74, 6) is 0.370. The molecule has 6 nitrogen and oxygen atoms in total. The van der Waals surface area contributed by atoms with Crippen molar-refractivity contribution in [1.82, 2.24) is 19.1 Å². The standard InChI is InChI=1S/C22H28N4O2S/c1-22(2,3)29(27,28)26-19-5-7-21(26)17(11-19)14-25-9-8-16-10-15(4-6-20(16)25)18-12-23-24-13-18/h4,6,8-10,12-13,17,19,21H,5,7,11,14H2,1-3H3,(H,23,24). The van der Waals surface area contributed by atoms with Gasteiger partial charge >= 0.3 is 0 Å². The number of hydrogen-bond donors (Lipinski definition) is 1. The summed E-state index contributed by atoms with van der Waals surface area (Å²) in [7, 11) is -3.28. The summed E-state index contributed by atoms with van der Waals surface area (Å²) in [6.45, 7) is 6.30. The fourth-order valence-corrected chi connectivity index (χ4v) is 7.00. The van der Waals surface area contributed by atoms with Crippen LogP contribution in [0.25, 0.3) is 22.0 Å². The van der Waals surface area contributed by atoms with Crippen LogP contribution in [0.15, 0.2) is 42.9 Å². The first-order valence-electron chi connectivity index (χ1n) is 10.4. The second-order valence-electron chi connectivity index (χ2n) is 9.47. The van der Waals surface area contributed by atoms with E-state index in [4.69, 9.17) is 0 Å². The minimum atomic E-state index is -3.28. The zero-order chi connectivity index (χ0) is 20.4. The maximum atomic E-state index is 13.1. The van der Waals surface area contributed by atoms with Crippen LogP contribution in [0, 0.1) is 5.92 Å². The normalized spacial score (nSPS) is 25.3. The molecule has 0 aliphatic carbocycles. The molecule has 2 bridgehead atoms. The Bertz CT molecular complexity index is 1140. The van der Waals surface area contributed by atoms with Gasteiger partial charge in [-0.25, -0.2) is 8.42 Å². The molecule has 7 heteroatoms. The first kappa shape index (κ1) is 18.9. The molecule has 5 rings (SSSR count). The summed E-state index contributed by atoms with van der Waals surface area (Å²) < 4.78 is 29.7. The van der Waals surface area contributed by atoms with Crippen LogP contribution in [-0.2, 0) is 16.6 Å². The molecule has 1 aromatic carbocycles. The van der Waals surface area contributed by atoms with Gasteiger partial charge in [-0.15, -0.1) is 0 Å². The lowest BCUT2D eigenvalue weighted by atomic mass is 9.89. The third kappa shape index (κ3) is 2.94. The smallest absolute Gasteiger partial charge is 0.219 e. The van der Waals surface area contributed by atoms with E-state index in [9.17, 15) is 8.42 Å². The molecule has 2 fully saturated rings. The molecule has 3 unspecified atom stereocenters. The molecule has 1 N–H and O–H groups in total. The predicted molar refractivity (Wildman–Crippen MR) is 115 cm³/mol. The van der Waals surface area contributed by atoms with Crippen molar-refractivity contribution in [3.8, 4) is 11.1 Å². The van der Waals surface area contributed by atoms with Crippen molar-refractivity contribution in [2.24, 2.45) is 5.92 Å². The van der Waals surface area contributed by atoms with E-state index in [1.54, 1.807) is 0 Å². The third-order valence-corrected chi connectivity index (χ3v) is 9.36. The highest BCUT2D eigenvalue weighted by Crippen LogP contribution is 2.46. The van der Waals surface area contributed by atoms with E-state index in [1.807, 2.05) is 37.5 Å². The van der Waals surface area contributed by atoms with E-state index in [0.29, 0.717) is 5.92 Å². The van der Waals surface area contributed by atoms with Crippen molar-refractivity contribution >= 4 is 20.9 Å². The van der Waals surface area contributed by atoms with Crippen molar-refractivity contribution in [2.75, 3.05) is 0 Å². The quantitative estimate of drug-likeness (QED) is 0.704. The first-order chi connectivity index (χ1) is 13.8. The topological polar surface area (TPSA) is 71.0 Å². The van der Waals surface area contributed by atoms with Crippen molar-refractivity contribution in [1.29, 1.82) is 0 Å².